The molecule has 1 amide bonds. The van der Waals surface area contributed by atoms with Gasteiger partial charge in [-0.3, -0.25) is 9.78 Å². The number of primary amides is 1. The average molecular weight is 195 g/mol. The molecule has 5 heteroatoms. The molecule has 1 heterocycles. The maximum Gasteiger partial charge on any atom is 0.250 e. The van der Waals surface area contributed by atoms with Crippen molar-refractivity contribution < 1.29 is 9.90 Å². The Hall–Kier alpha value is -1.46. The van der Waals surface area contributed by atoms with Gasteiger partial charge in [-0.25, -0.2) is 0 Å². The quantitative estimate of drug-likeness (QED) is 0.608. The molecule has 1 aromatic heterocycles. The van der Waals surface area contributed by atoms with Crippen LogP contribution in [0.25, 0.3) is 0 Å². The van der Waals surface area contributed by atoms with E-state index in [0.717, 1.165) is 0 Å². The van der Waals surface area contributed by atoms with Gasteiger partial charge in [0.15, 0.2) is 0 Å². The van der Waals surface area contributed by atoms with Crippen LogP contribution in [0, 0.1) is 0 Å². The van der Waals surface area contributed by atoms with Crippen LogP contribution >= 0.6 is 0 Å². The molecule has 0 aliphatic rings. The Morgan fingerprint density at radius 1 is 1.57 bits per heavy atom. The number of rotatable bonds is 3. The minimum Gasteiger partial charge on any atom is -0.391 e. The zero-order chi connectivity index (χ0) is 10.7. The van der Waals surface area contributed by atoms with E-state index in [2.05, 4.69) is 4.98 Å². The van der Waals surface area contributed by atoms with Crippen molar-refractivity contribution in [3.8, 4) is 0 Å². The molecular formula is C9H13N3O2. The van der Waals surface area contributed by atoms with Crippen molar-refractivity contribution in [1.29, 1.82) is 0 Å². The highest BCUT2D eigenvalue weighted by molar-refractivity contribution is 5.92. The lowest BCUT2D eigenvalue weighted by Gasteiger charge is -2.14. The number of pyridine rings is 1. The summed E-state index contributed by atoms with van der Waals surface area (Å²) in [4.78, 5) is 14.6. The highest BCUT2D eigenvalue weighted by Gasteiger charge is 2.13. The fourth-order valence-corrected chi connectivity index (χ4v) is 1.05. The molecule has 1 rings (SSSR count). The summed E-state index contributed by atoms with van der Waals surface area (Å²) in [6.45, 7) is 1.57. The number of amides is 1. The molecule has 5 nitrogen and oxygen atoms in total. The van der Waals surface area contributed by atoms with E-state index in [1.165, 1.54) is 18.5 Å². The third kappa shape index (κ3) is 2.27. The van der Waals surface area contributed by atoms with Crippen molar-refractivity contribution in [2.45, 2.75) is 19.1 Å². The summed E-state index contributed by atoms with van der Waals surface area (Å²) in [5.41, 5.74) is 11.6. The predicted octanol–water partition coefficient (Wildman–Crippen LogP) is -0.439. The fraction of sp³-hybridized carbons (Fsp3) is 0.333. The molecule has 0 aliphatic heterocycles. The molecule has 1 aromatic rings. The summed E-state index contributed by atoms with van der Waals surface area (Å²) in [7, 11) is 0. The second kappa shape index (κ2) is 4.17. The van der Waals surface area contributed by atoms with E-state index in [9.17, 15) is 9.90 Å². The predicted molar refractivity (Wildman–Crippen MR) is 51.4 cm³/mol. The van der Waals surface area contributed by atoms with Gasteiger partial charge in [-0.1, -0.05) is 0 Å². The fourth-order valence-electron chi connectivity index (χ4n) is 1.05. The Morgan fingerprint density at radius 3 is 2.71 bits per heavy atom. The molecular weight excluding hydrogens is 182 g/mol. The van der Waals surface area contributed by atoms with Gasteiger partial charge in [0.2, 0.25) is 5.91 Å². The minimum atomic E-state index is -0.695. The smallest absolute Gasteiger partial charge is 0.250 e. The van der Waals surface area contributed by atoms with Gasteiger partial charge >= 0.3 is 0 Å². The van der Waals surface area contributed by atoms with Gasteiger partial charge in [-0.15, -0.1) is 0 Å². The van der Waals surface area contributed by atoms with E-state index < -0.39 is 18.1 Å². The second-order valence-corrected chi connectivity index (χ2v) is 3.14. The summed E-state index contributed by atoms with van der Waals surface area (Å²) in [6.07, 6.45) is 2.17. The van der Waals surface area contributed by atoms with E-state index in [4.69, 9.17) is 11.5 Å². The Kier molecular flexibility index (Phi) is 3.16. The van der Waals surface area contributed by atoms with E-state index in [1.54, 1.807) is 6.92 Å². The van der Waals surface area contributed by atoms with Crippen LogP contribution in [0.5, 0.6) is 0 Å². The minimum absolute atomic E-state index is 0.290. The molecule has 0 radical (unpaired) electrons. The zero-order valence-corrected chi connectivity index (χ0v) is 7.84. The Bertz CT molecular complexity index is 339. The largest absolute Gasteiger partial charge is 0.391 e. The molecule has 0 spiro atoms. The summed E-state index contributed by atoms with van der Waals surface area (Å²) >= 11 is 0. The van der Waals surface area contributed by atoms with Crippen molar-refractivity contribution in [3.63, 3.8) is 0 Å². The van der Waals surface area contributed by atoms with Gasteiger partial charge in [0, 0.05) is 12.4 Å². The molecule has 2 atom stereocenters. The highest BCUT2D eigenvalue weighted by Crippen LogP contribution is 2.13. The molecule has 0 unspecified atom stereocenters. The van der Waals surface area contributed by atoms with E-state index in [0.29, 0.717) is 11.1 Å². The topological polar surface area (TPSA) is 102 Å². The SMILES string of the molecule is C[C@H](O)[C@@H](N)c1cncc(C(N)=O)c1. The number of nitrogens with zero attached hydrogens (tertiary/aromatic N) is 1. The van der Waals surface area contributed by atoms with Crippen molar-refractivity contribution in [1.82, 2.24) is 4.98 Å². The average Bonchev–Trinajstić information content (AvgIpc) is 2.16. The van der Waals surface area contributed by atoms with Crippen LogP contribution in [0.1, 0.15) is 28.9 Å². The molecule has 0 saturated carbocycles. The number of nitrogens with two attached hydrogens (primary N) is 2. The lowest BCUT2D eigenvalue weighted by molar-refractivity contribution is 0.0999. The van der Waals surface area contributed by atoms with Crippen LogP contribution in [0.4, 0.5) is 0 Å². The number of hydrogen-bond acceptors (Lipinski definition) is 4. The zero-order valence-electron chi connectivity index (χ0n) is 7.84. The number of aromatic nitrogens is 1. The number of carbonyl (C=O) groups is 1. The molecule has 14 heavy (non-hydrogen) atoms. The number of hydrogen-bond donors (Lipinski definition) is 3. The summed E-state index contributed by atoms with van der Waals surface area (Å²) < 4.78 is 0. The maximum atomic E-state index is 10.8. The molecule has 0 bridgehead atoms. The van der Waals surface area contributed by atoms with Gasteiger partial charge in [0.25, 0.3) is 0 Å². The van der Waals surface area contributed by atoms with Crippen LogP contribution in [0.3, 0.4) is 0 Å². The Balaban J connectivity index is 2.99. The summed E-state index contributed by atoms with van der Waals surface area (Å²) in [5, 5.41) is 9.23. The van der Waals surface area contributed by atoms with Crippen molar-refractivity contribution in [3.05, 3.63) is 29.6 Å². The number of carbonyl (C=O) groups excluding carboxylic acids is 1. The number of aliphatic hydroxyl groups is 1. The molecule has 0 aliphatic carbocycles. The number of aliphatic hydroxyl groups excluding tert-OH is 1. The van der Waals surface area contributed by atoms with Crippen molar-refractivity contribution >= 4 is 5.91 Å². The van der Waals surface area contributed by atoms with E-state index >= 15 is 0 Å². The first-order chi connectivity index (χ1) is 6.52. The lowest BCUT2D eigenvalue weighted by atomic mass is 10.0. The third-order valence-corrected chi connectivity index (χ3v) is 1.95. The van der Waals surface area contributed by atoms with Crippen molar-refractivity contribution in [2.75, 3.05) is 0 Å². The van der Waals surface area contributed by atoms with E-state index in [1.807, 2.05) is 0 Å². The summed E-state index contributed by atoms with van der Waals surface area (Å²) in [6, 6.07) is 0.981. The second-order valence-electron chi connectivity index (χ2n) is 3.14. The normalized spacial score (nSPS) is 14.8. The maximum absolute atomic E-state index is 10.8. The van der Waals surface area contributed by atoms with Gasteiger partial charge in [-0.2, -0.15) is 0 Å². The highest BCUT2D eigenvalue weighted by atomic mass is 16.3. The van der Waals surface area contributed by atoms with Crippen LogP contribution < -0.4 is 11.5 Å². The first kappa shape index (κ1) is 10.6. The summed E-state index contributed by atoms with van der Waals surface area (Å²) in [5.74, 6) is -0.558. The first-order valence-corrected chi connectivity index (χ1v) is 4.20. The van der Waals surface area contributed by atoms with Gasteiger partial charge in [-0.05, 0) is 18.6 Å². The third-order valence-electron chi connectivity index (χ3n) is 1.95. The van der Waals surface area contributed by atoms with Crippen molar-refractivity contribution in [2.24, 2.45) is 11.5 Å². The molecule has 0 fully saturated rings. The molecule has 5 N–H and O–H groups in total. The van der Waals surface area contributed by atoms with Gasteiger partial charge < -0.3 is 16.6 Å². The van der Waals surface area contributed by atoms with Crippen LogP contribution in [0.15, 0.2) is 18.5 Å². The lowest BCUT2D eigenvalue weighted by Crippen LogP contribution is -2.24. The Labute approximate surface area is 81.7 Å². The Morgan fingerprint density at radius 2 is 2.21 bits per heavy atom. The van der Waals surface area contributed by atoms with E-state index in [-0.39, 0.29) is 0 Å². The van der Waals surface area contributed by atoms with Gasteiger partial charge in [0.05, 0.1) is 17.7 Å². The molecule has 76 valence electrons. The van der Waals surface area contributed by atoms with Crippen LogP contribution in [0.2, 0.25) is 0 Å². The van der Waals surface area contributed by atoms with Gasteiger partial charge in [0.1, 0.15) is 0 Å². The molecule has 0 aromatic carbocycles. The molecule has 0 saturated heterocycles. The monoisotopic (exact) mass is 195 g/mol. The van der Waals surface area contributed by atoms with Crippen LogP contribution in [-0.4, -0.2) is 22.1 Å². The first-order valence-electron chi connectivity index (χ1n) is 4.20. The standard InChI is InChI=1S/C9H13N3O2/c1-5(13)8(10)6-2-7(9(11)14)4-12-3-6/h2-5,8,13H,10H2,1H3,(H2,11,14)/t5-,8+/m0/s1. The van der Waals surface area contributed by atoms with Crippen LogP contribution in [-0.2, 0) is 0 Å².